The first-order valence-electron chi connectivity index (χ1n) is 6.55. The number of aliphatic hydroxyl groups excluding tert-OH is 1. The van der Waals surface area contributed by atoms with Gasteiger partial charge in [-0.1, -0.05) is 28.1 Å². The first-order valence-corrected chi connectivity index (χ1v) is 7.34. The van der Waals surface area contributed by atoms with E-state index in [0.717, 1.165) is 17.3 Å². The summed E-state index contributed by atoms with van der Waals surface area (Å²) in [5.41, 5.74) is 1.23. The van der Waals surface area contributed by atoms with Gasteiger partial charge in [0.25, 0.3) is 0 Å². The second-order valence-corrected chi connectivity index (χ2v) is 5.40. The Hall–Kier alpha value is -1.11. The Kier molecular flexibility index (Phi) is 8.25. The van der Waals surface area contributed by atoms with Crippen LogP contribution in [0.3, 0.4) is 0 Å². The molecule has 5 nitrogen and oxygen atoms in total. The molecule has 0 fully saturated rings. The van der Waals surface area contributed by atoms with Gasteiger partial charge in [-0.15, -0.1) is 0 Å². The van der Waals surface area contributed by atoms with Crippen LogP contribution in [0.15, 0.2) is 28.7 Å². The highest BCUT2D eigenvalue weighted by Crippen LogP contribution is 2.12. The van der Waals surface area contributed by atoms with Gasteiger partial charge in [-0.3, -0.25) is 0 Å². The molecule has 112 valence electrons. The lowest BCUT2D eigenvalue weighted by Gasteiger charge is -2.11. The molecule has 0 heterocycles. The lowest BCUT2D eigenvalue weighted by molar-refractivity contribution is 0.0660. The number of urea groups is 1. The van der Waals surface area contributed by atoms with E-state index in [1.54, 1.807) is 0 Å². The molecule has 1 atom stereocenters. The van der Waals surface area contributed by atoms with Gasteiger partial charge in [0.15, 0.2) is 0 Å². The van der Waals surface area contributed by atoms with Gasteiger partial charge in [-0.25, -0.2) is 4.79 Å². The highest BCUT2D eigenvalue weighted by Gasteiger charge is 2.05. The number of hydrogen-bond acceptors (Lipinski definition) is 3. The molecule has 1 aromatic carbocycles. The normalized spacial score (nSPS) is 11.9. The predicted molar refractivity (Wildman–Crippen MR) is 81.7 cm³/mol. The summed E-state index contributed by atoms with van der Waals surface area (Å²) in [6, 6.07) is 7.85. The molecule has 1 aromatic rings. The number of amides is 2. The Morgan fingerprint density at radius 3 is 2.95 bits per heavy atom. The van der Waals surface area contributed by atoms with Crippen molar-refractivity contribution in [2.45, 2.75) is 18.9 Å². The molecule has 1 unspecified atom stereocenters. The average Bonchev–Trinajstić information content (AvgIpc) is 2.42. The van der Waals surface area contributed by atoms with E-state index in [2.05, 4.69) is 38.7 Å². The molecule has 3 N–H and O–H groups in total. The predicted octanol–water partition coefficient (Wildman–Crippen LogP) is 1.69. The molecule has 0 saturated carbocycles. The first-order chi connectivity index (χ1) is 9.61. The highest BCUT2D eigenvalue weighted by molar-refractivity contribution is 9.10. The summed E-state index contributed by atoms with van der Waals surface area (Å²) in [6.07, 6.45) is 1.10. The molecular weight excluding hydrogens is 324 g/mol. The summed E-state index contributed by atoms with van der Waals surface area (Å²) in [7, 11) is 1.51. The Bertz CT molecular complexity index is 415. The summed E-state index contributed by atoms with van der Waals surface area (Å²) in [4.78, 5) is 11.4. The van der Waals surface area contributed by atoms with E-state index in [9.17, 15) is 9.90 Å². The maximum absolute atomic E-state index is 11.4. The van der Waals surface area contributed by atoms with Crippen LogP contribution in [0, 0.1) is 0 Å². The van der Waals surface area contributed by atoms with Crippen LogP contribution in [-0.2, 0) is 11.2 Å². The lowest BCUT2D eigenvalue weighted by Crippen LogP contribution is -2.41. The maximum Gasteiger partial charge on any atom is 0.314 e. The number of carbonyl (C=O) groups is 1. The third-order valence-electron chi connectivity index (χ3n) is 2.67. The smallest absolute Gasteiger partial charge is 0.314 e. The van der Waals surface area contributed by atoms with Crippen LogP contribution >= 0.6 is 15.9 Å². The number of hydrogen-bond donors (Lipinski definition) is 3. The topological polar surface area (TPSA) is 70.6 Å². The molecule has 20 heavy (non-hydrogen) atoms. The van der Waals surface area contributed by atoms with Crippen molar-refractivity contribution in [2.24, 2.45) is 0 Å². The van der Waals surface area contributed by atoms with Crippen LogP contribution in [0.1, 0.15) is 12.0 Å². The van der Waals surface area contributed by atoms with Gasteiger partial charge in [0.2, 0.25) is 0 Å². The largest absolute Gasteiger partial charge is 0.389 e. The van der Waals surface area contributed by atoms with E-state index in [-0.39, 0.29) is 19.2 Å². The van der Waals surface area contributed by atoms with Gasteiger partial charge >= 0.3 is 6.03 Å². The minimum Gasteiger partial charge on any atom is -0.389 e. The van der Waals surface area contributed by atoms with Crippen molar-refractivity contribution in [1.82, 2.24) is 10.6 Å². The average molecular weight is 345 g/mol. The Balaban J connectivity index is 2.10. The van der Waals surface area contributed by atoms with Crippen molar-refractivity contribution in [3.8, 4) is 0 Å². The van der Waals surface area contributed by atoms with Crippen molar-refractivity contribution in [2.75, 3.05) is 26.8 Å². The van der Waals surface area contributed by atoms with Crippen molar-refractivity contribution >= 4 is 22.0 Å². The van der Waals surface area contributed by atoms with Gasteiger partial charge in [0.05, 0.1) is 12.7 Å². The fourth-order valence-corrected chi connectivity index (χ4v) is 2.16. The molecule has 0 aliphatic carbocycles. The Morgan fingerprint density at radius 2 is 2.25 bits per heavy atom. The summed E-state index contributed by atoms with van der Waals surface area (Å²) in [5.74, 6) is 0. The van der Waals surface area contributed by atoms with Crippen LogP contribution in [0.25, 0.3) is 0 Å². The molecule has 1 rings (SSSR count). The summed E-state index contributed by atoms with van der Waals surface area (Å²) < 4.78 is 5.83. The van der Waals surface area contributed by atoms with Gasteiger partial charge in [-0.2, -0.15) is 0 Å². The number of ether oxygens (including phenoxy) is 1. The number of methoxy groups -OCH3 is 1. The minimum atomic E-state index is -0.674. The zero-order chi connectivity index (χ0) is 14.8. The second kappa shape index (κ2) is 9.74. The van der Waals surface area contributed by atoms with Gasteiger partial charge < -0.3 is 20.5 Å². The van der Waals surface area contributed by atoms with Crippen molar-refractivity contribution in [3.05, 3.63) is 34.3 Å². The maximum atomic E-state index is 11.4. The zero-order valence-electron chi connectivity index (χ0n) is 11.6. The third-order valence-corrected chi connectivity index (χ3v) is 3.17. The second-order valence-electron chi connectivity index (χ2n) is 4.48. The third kappa shape index (κ3) is 7.47. The Labute approximate surface area is 127 Å². The molecule has 0 aromatic heterocycles. The zero-order valence-corrected chi connectivity index (χ0v) is 13.1. The number of aliphatic hydroxyl groups is 1. The monoisotopic (exact) mass is 344 g/mol. The van der Waals surface area contributed by atoms with E-state index in [4.69, 9.17) is 4.74 Å². The summed E-state index contributed by atoms with van der Waals surface area (Å²) in [6.45, 7) is 0.993. The fraction of sp³-hybridized carbons (Fsp3) is 0.500. The standard InChI is InChI=1S/C14H21BrN2O3/c1-20-10-13(18)9-17-14(19)16-7-3-5-11-4-2-6-12(15)8-11/h2,4,6,8,13,18H,3,5,7,9-10H2,1H3,(H2,16,17,19). The number of rotatable bonds is 8. The molecule has 2 amide bonds. The van der Waals surface area contributed by atoms with Crippen molar-refractivity contribution in [1.29, 1.82) is 0 Å². The molecule has 0 bridgehead atoms. The van der Waals surface area contributed by atoms with E-state index in [1.165, 1.54) is 12.7 Å². The first kappa shape index (κ1) is 16.9. The van der Waals surface area contributed by atoms with Crippen LogP contribution in [0.2, 0.25) is 0 Å². The van der Waals surface area contributed by atoms with Crippen LogP contribution in [-0.4, -0.2) is 44.0 Å². The molecule has 6 heteroatoms. The number of benzene rings is 1. The van der Waals surface area contributed by atoms with Crippen LogP contribution < -0.4 is 10.6 Å². The van der Waals surface area contributed by atoms with Crippen molar-refractivity contribution < 1.29 is 14.6 Å². The molecule has 0 spiro atoms. The summed E-state index contributed by atoms with van der Waals surface area (Å²) >= 11 is 3.43. The van der Waals surface area contributed by atoms with Gasteiger partial charge in [-0.05, 0) is 30.5 Å². The fourth-order valence-electron chi connectivity index (χ4n) is 1.71. The number of aryl methyl sites for hydroxylation is 1. The number of nitrogens with one attached hydrogen (secondary N) is 2. The lowest BCUT2D eigenvalue weighted by atomic mass is 10.1. The van der Waals surface area contributed by atoms with Crippen LogP contribution in [0.5, 0.6) is 0 Å². The SMILES string of the molecule is COCC(O)CNC(=O)NCCCc1cccc(Br)c1. The minimum absolute atomic E-state index is 0.186. The van der Waals surface area contributed by atoms with Gasteiger partial charge in [0.1, 0.15) is 0 Å². The highest BCUT2D eigenvalue weighted by atomic mass is 79.9. The van der Waals surface area contributed by atoms with E-state index in [1.807, 2.05) is 12.1 Å². The quantitative estimate of drug-likeness (QED) is 0.628. The van der Waals surface area contributed by atoms with Crippen molar-refractivity contribution in [3.63, 3.8) is 0 Å². The number of halogens is 1. The summed E-state index contributed by atoms with van der Waals surface area (Å²) in [5, 5.41) is 14.7. The molecular formula is C14H21BrN2O3. The Morgan fingerprint density at radius 1 is 1.45 bits per heavy atom. The molecule has 0 saturated heterocycles. The number of carbonyl (C=O) groups excluding carboxylic acids is 1. The van der Waals surface area contributed by atoms with E-state index >= 15 is 0 Å². The molecule has 0 aliphatic rings. The van der Waals surface area contributed by atoms with Crippen LogP contribution in [0.4, 0.5) is 4.79 Å². The van der Waals surface area contributed by atoms with E-state index < -0.39 is 6.10 Å². The van der Waals surface area contributed by atoms with E-state index in [0.29, 0.717) is 6.54 Å². The molecule has 0 radical (unpaired) electrons. The van der Waals surface area contributed by atoms with Gasteiger partial charge in [0, 0.05) is 24.7 Å². The molecule has 0 aliphatic heterocycles.